The number of pyridine rings is 2. The highest BCUT2D eigenvalue weighted by Crippen LogP contribution is 2.45. The summed E-state index contributed by atoms with van der Waals surface area (Å²) in [6, 6.07) is 16.4. The number of halogens is 3. The van der Waals surface area contributed by atoms with Gasteiger partial charge in [-0.05, 0) is 101 Å². The van der Waals surface area contributed by atoms with Gasteiger partial charge in [-0.2, -0.15) is 0 Å². The second-order valence-electron chi connectivity index (χ2n) is 20.2. The van der Waals surface area contributed by atoms with Crippen molar-refractivity contribution < 1.29 is 42.1 Å². The van der Waals surface area contributed by atoms with Gasteiger partial charge in [-0.3, -0.25) is 14.6 Å². The number of fused-ring (bicyclic) bond motifs is 8. The zero-order chi connectivity index (χ0) is 49.9. The minimum absolute atomic E-state index is 0.00815. The summed E-state index contributed by atoms with van der Waals surface area (Å²) in [6.07, 6.45) is 4.39. The molecule has 0 aliphatic carbocycles. The van der Waals surface area contributed by atoms with E-state index >= 15 is 13.2 Å². The maximum absolute atomic E-state index is 16.1. The number of nitrogens with zero attached hydrogens (tertiary/aromatic N) is 5. The van der Waals surface area contributed by atoms with E-state index in [0.29, 0.717) is 80.4 Å². The number of hydrogen-bond donors (Lipinski definition) is 2. The Balaban J connectivity index is 0.698. The Morgan fingerprint density at radius 1 is 0.930 bits per heavy atom. The van der Waals surface area contributed by atoms with Crippen molar-refractivity contribution in [2.75, 3.05) is 45.9 Å². The molecule has 0 spiro atoms. The number of H-pyrrole nitrogens is 1. The van der Waals surface area contributed by atoms with Crippen LogP contribution in [0.3, 0.4) is 0 Å². The zero-order valence-electron chi connectivity index (χ0n) is 41.0. The fraction of sp³-hybridized carbons (Fsp3) is 0.455. The number of piperazine rings is 1. The van der Waals surface area contributed by atoms with E-state index in [9.17, 15) is 19.5 Å². The molecule has 1 amide bonds. The van der Waals surface area contributed by atoms with Gasteiger partial charge in [-0.15, -0.1) is 0 Å². The number of aliphatic hydroxyl groups is 1. The third-order valence-corrected chi connectivity index (χ3v) is 15.0. The highest BCUT2D eigenvalue weighted by Gasteiger charge is 2.46. The van der Waals surface area contributed by atoms with Crippen LogP contribution in [0.2, 0.25) is 0 Å². The van der Waals surface area contributed by atoms with Gasteiger partial charge in [0.2, 0.25) is 0 Å². The van der Waals surface area contributed by atoms with E-state index in [1.54, 1.807) is 34.6 Å². The summed E-state index contributed by atoms with van der Waals surface area (Å²) in [4.78, 5) is 54.0. The number of hydrogen-bond acceptors (Lipinski definition) is 10. The molecule has 3 aromatic carbocycles. The molecule has 0 bridgehead atoms. The van der Waals surface area contributed by atoms with Crippen LogP contribution < -0.4 is 15.0 Å². The molecule has 374 valence electrons. The molecule has 10 rings (SSSR count). The van der Waals surface area contributed by atoms with Crippen LogP contribution >= 0.6 is 0 Å². The minimum atomic E-state index is -1.91. The quantitative estimate of drug-likeness (QED) is 0.0800. The average molecular weight is 975 g/mol. The van der Waals surface area contributed by atoms with Gasteiger partial charge in [-0.1, -0.05) is 44.9 Å². The molecule has 2 N–H and O–H groups in total. The van der Waals surface area contributed by atoms with Crippen LogP contribution in [0.25, 0.3) is 33.2 Å². The van der Waals surface area contributed by atoms with Crippen molar-refractivity contribution in [2.45, 2.75) is 116 Å². The van der Waals surface area contributed by atoms with E-state index in [-0.39, 0.29) is 60.2 Å². The topological polar surface area (TPSA) is 142 Å². The number of benzene rings is 3. The van der Waals surface area contributed by atoms with Crippen LogP contribution in [0.1, 0.15) is 112 Å². The van der Waals surface area contributed by atoms with Gasteiger partial charge < -0.3 is 33.8 Å². The lowest BCUT2D eigenvalue weighted by molar-refractivity contribution is -0.172. The number of cyclic esters (lactones) is 1. The summed E-state index contributed by atoms with van der Waals surface area (Å²) < 4.78 is 66.0. The van der Waals surface area contributed by atoms with Crippen molar-refractivity contribution >= 4 is 33.9 Å². The van der Waals surface area contributed by atoms with E-state index in [2.05, 4.69) is 9.88 Å². The molecular formula is C55H61F3N6O7. The third-order valence-electron chi connectivity index (χ3n) is 15.0. The van der Waals surface area contributed by atoms with Gasteiger partial charge in [0.05, 0.1) is 41.7 Å². The van der Waals surface area contributed by atoms with Crippen molar-refractivity contribution in [1.82, 2.24) is 29.2 Å². The molecule has 0 saturated carbocycles. The summed E-state index contributed by atoms with van der Waals surface area (Å²) in [5.74, 6) is -1.70. The Bertz CT molecular complexity index is 3100. The van der Waals surface area contributed by atoms with E-state index in [0.717, 1.165) is 58.8 Å². The first-order valence-electron chi connectivity index (χ1n) is 25.0. The highest BCUT2D eigenvalue weighted by molar-refractivity contribution is 5.90. The van der Waals surface area contributed by atoms with E-state index in [1.807, 2.05) is 49.1 Å². The van der Waals surface area contributed by atoms with Crippen LogP contribution in [-0.2, 0) is 41.1 Å². The van der Waals surface area contributed by atoms with Crippen molar-refractivity contribution in [2.24, 2.45) is 0 Å². The number of rotatable bonds is 14. The number of aromatic amines is 1. The predicted molar refractivity (Wildman–Crippen MR) is 263 cm³/mol. The Morgan fingerprint density at radius 2 is 1.68 bits per heavy atom. The molecule has 7 heterocycles. The lowest BCUT2D eigenvalue weighted by atomic mass is 9.86. The van der Waals surface area contributed by atoms with Gasteiger partial charge >= 0.3 is 12.1 Å². The van der Waals surface area contributed by atoms with E-state index in [4.69, 9.17) is 19.2 Å². The first kappa shape index (κ1) is 48.4. The summed E-state index contributed by atoms with van der Waals surface area (Å²) in [7, 11) is 0. The number of nitrogens with one attached hydrogen (secondary N) is 1. The molecule has 71 heavy (non-hydrogen) atoms. The molecule has 3 atom stereocenters. The summed E-state index contributed by atoms with van der Waals surface area (Å²) in [6.45, 7) is 12.4. The number of unbranched alkanes of at least 4 members (excludes halogenated alkanes) is 3. The third kappa shape index (κ3) is 8.96. The van der Waals surface area contributed by atoms with Gasteiger partial charge in [0.1, 0.15) is 35.4 Å². The molecular weight excluding hydrogens is 914 g/mol. The monoisotopic (exact) mass is 974 g/mol. The average Bonchev–Trinajstić information content (AvgIpc) is 3.90. The Kier molecular flexibility index (Phi) is 13.0. The maximum atomic E-state index is 16.1. The second kappa shape index (κ2) is 19.1. The number of aryl methyl sites for hydroxylation is 1. The van der Waals surface area contributed by atoms with Gasteiger partial charge in [0, 0.05) is 89.6 Å². The molecule has 16 heteroatoms. The van der Waals surface area contributed by atoms with E-state index in [1.165, 1.54) is 26.0 Å². The van der Waals surface area contributed by atoms with Crippen molar-refractivity contribution in [3.63, 3.8) is 0 Å². The molecule has 4 aliphatic rings. The number of carbonyl (C=O) groups excluding carboxylic acids is 2. The lowest BCUT2D eigenvalue weighted by Gasteiger charge is -2.43. The maximum Gasteiger partial charge on any atom is 0.415 e. The number of alkyl halides is 1. The Labute approximate surface area is 410 Å². The summed E-state index contributed by atoms with van der Waals surface area (Å²) in [5.41, 5.74) is 2.87. The van der Waals surface area contributed by atoms with Gasteiger partial charge in [-0.25, -0.2) is 27.7 Å². The van der Waals surface area contributed by atoms with Crippen LogP contribution in [0.15, 0.2) is 65.5 Å². The van der Waals surface area contributed by atoms with Crippen LogP contribution in [-0.4, -0.2) is 104 Å². The number of esters is 1. The van der Waals surface area contributed by atoms with Gasteiger partial charge in [0.15, 0.2) is 5.60 Å². The lowest BCUT2D eigenvalue weighted by Crippen LogP contribution is -2.49. The summed E-state index contributed by atoms with van der Waals surface area (Å²) >= 11 is 0. The molecule has 1 unspecified atom stereocenters. The highest BCUT2D eigenvalue weighted by atomic mass is 19.1. The van der Waals surface area contributed by atoms with Crippen molar-refractivity contribution in [3.05, 3.63) is 122 Å². The molecule has 1 saturated heterocycles. The van der Waals surface area contributed by atoms with Crippen LogP contribution in [0, 0.1) is 11.6 Å². The molecule has 1 fully saturated rings. The number of aromatic nitrogens is 3. The van der Waals surface area contributed by atoms with Crippen LogP contribution in [0.5, 0.6) is 11.5 Å². The fourth-order valence-corrected chi connectivity index (χ4v) is 11.3. The Morgan fingerprint density at radius 3 is 2.41 bits per heavy atom. The molecule has 3 aromatic heterocycles. The SMILES string of the molecule is CCc1c2c(nc3ccc(OC(=O)N4CCN(CCCCCCOc5cc(F)c(C6c7[nH]c8ccccc8c7C[C@@H](C)N6CC(C)(C)F)c(F)c5)CC4)cc13)-c1cc3c(c(=O)n1C2)COC(=O)[C@]3(O)CC. The molecule has 6 aromatic rings. The standard InChI is InChI=1S/C55H61F3N6O7/c1-6-35-37-25-33(16-17-45(37)59-48-39(35)29-63-46(48)28-41-40(51(63)65)30-70-52(66)55(41,68)7-2)71-53(67)62-21-19-61(20-22-62)18-12-8-9-13-23-69-34-26-42(56)47(43(57)27-34)50-49-38(36-14-10-11-15-44(36)60-49)24-32(3)64(50)31-54(4,5)58/h10-11,14-17,25-28,32,50,60,68H,6-9,12-13,18-24,29-31H2,1-5H3/t32-,50?,55+/m1/s1. The van der Waals surface area contributed by atoms with Crippen molar-refractivity contribution in [3.8, 4) is 22.9 Å². The number of ether oxygens (including phenoxy) is 3. The zero-order valence-corrected chi connectivity index (χ0v) is 41.0. The normalized spacial score (nSPS) is 20.2. The molecule has 0 radical (unpaired) electrons. The number of para-hydroxylation sites is 1. The largest absolute Gasteiger partial charge is 0.493 e. The predicted octanol–water partition coefficient (Wildman–Crippen LogP) is 9.24. The van der Waals surface area contributed by atoms with Gasteiger partial charge in [0.25, 0.3) is 5.56 Å². The van der Waals surface area contributed by atoms with Crippen molar-refractivity contribution in [1.29, 1.82) is 0 Å². The van der Waals surface area contributed by atoms with Crippen LogP contribution in [0.4, 0.5) is 18.0 Å². The Hall–Kier alpha value is -6.23. The van der Waals surface area contributed by atoms with E-state index < -0.39 is 41.0 Å². The minimum Gasteiger partial charge on any atom is -0.493 e. The number of amides is 1. The number of carbonyl (C=O) groups is 2. The first-order valence-corrected chi connectivity index (χ1v) is 25.0. The molecule has 13 nitrogen and oxygen atoms in total. The summed E-state index contributed by atoms with van der Waals surface area (Å²) in [5, 5.41) is 13.1. The fourth-order valence-electron chi connectivity index (χ4n) is 11.3. The molecule has 4 aliphatic heterocycles. The second-order valence-corrected chi connectivity index (χ2v) is 20.2. The first-order chi connectivity index (χ1) is 34.1. The smallest absolute Gasteiger partial charge is 0.415 e.